The molecule has 148 valence electrons. The van der Waals surface area contributed by atoms with Crippen LogP contribution in [0.15, 0.2) is 30.3 Å². The predicted molar refractivity (Wildman–Crippen MR) is 105 cm³/mol. The second-order valence-electron chi connectivity index (χ2n) is 6.84. The summed E-state index contributed by atoms with van der Waals surface area (Å²) in [4.78, 5) is 25.7. The number of hydrogen-bond acceptors (Lipinski definition) is 4. The first-order chi connectivity index (χ1) is 12.2. The van der Waals surface area contributed by atoms with Crippen LogP contribution in [0.3, 0.4) is 0 Å². The van der Waals surface area contributed by atoms with Gasteiger partial charge in [-0.1, -0.05) is 51.1 Å². The molecule has 0 bridgehead atoms. The van der Waals surface area contributed by atoms with E-state index < -0.39 is 5.60 Å². The van der Waals surface area contributed by atoms with Crippen molar-refractivity contribution >= 4 is 12.1 Å². The summed E-state index contributed by atoms with van der Waals surface area (Å²) in [5.41, 5.74) is 0.437. The summed E-state index contributed by atoms with van der Waals surface area (Å²) in [6.07, 6.45) is 0.190. The number of ether oxygens (including phenoxy) is 2. The Morgan fingerprint density at radius 3 is 2.19 bits per heavy atom. The molecule has 1 aromatic rings. The molecule has 0 saturated carbocycles. The number of hydrogen-bond donors (Lipinski definition) is 0. The highest BCUT2D eigenvalue weighted by molar-refractivity contribution is 5.72. The molecule has 0 aliphatic carbocycles. The number of amides is 1. The highest BCUT2D eigenvalue weighted by atomic mass is 16.6. The van der Waals surface area contributed by atoms with Crippen molar-refractivity contribution in [3.8, 4) is 0 Å². The van der Waals surface area contributed by atoms with Crippen LogP contribution < -0.4 is 0 Å². The molecule has 26 heavy (non-hydrogen) atoms. The maximum atomic E-state index is 12.1. The topological polar surface area (TPSA) is 55.8 Å². The van der Waals surface area contributed by atoms with Crippen LogP contribution in [0.25, 0.3) is 0 Å². The highest BCUT2D eigenvalue weighted by Gasteiger charge is 2.23. The Morgan fingerprint density at radius 2 is 1.69 bits per heavy atom. The molecule has 0 saturated heterocycles. The van der Waals surface area contributed by atoms with Crippen molar-refractivity contribution in [2.45, 2.75) is 67.1 Å². The Hall–Kier alpha value is -2.04. The van der Waals surface area contributed by atoms with E-state index in [1.807, 2.05) is 78.8 Å². The van der Waals surface area contributed by atoms with Crippen LogP contribution in [0.2, 0.25) is 0 Å². The van der Waals surface area contributed by atoms with Crippen LogP contribution in [0, 0.1) is 5.92 Å². The van der Waals surface area contributed by atoms with E-state index in [1.54, 1.807) is 4.90 Å². The third kappa shape index (κ3) is 10.1. The van der Waals surface area contributed by atoms with E-state index in [-0.39, 0.29) is 24.6 Å². The monoisotopic (exact) mass is 365 g/mol. The van der Waals surface area contributed by atoms with E-state index >= 15 is 0 Å². The van der Waals surface area contributed by atoms with Gasteiger partial charge in [0.1, 0.15) is 12.2 Å². The minimum absolute atomic E-state index is 0.251. The summed E-state index contributed by atoms with van der Waals surface area (Å²) in [5, 5.41) is 0. The van der Waals surface area contributed by atoms with Gasteiger partial charge in [-0.2, -0.15) is 0 Å². The average Bonchev–Trinajstić information content (AvgIpc) is 2.61. The lowest BCUT2D eigenvalue weighted by atomic mass is 10.1. The fourth-order valence-electron chi connectivity index (χ4n) is 2.04. The first-order valence-corrected chi connectivity index (χ1v) is 9.41. The Kier molecular flexibility index (Phi) is 11.4. The van der Waals surface area contributed by atoms with Gasteiger partial charge in [0.2, 0.25) is 0 Å². The molecule has 1 atom stereocenters. The molecule has 1 aromatic carbocycles. The molecule has 1 rings (SSSR count). The number of carbonyl (C=O) groups is 2. The Labute approximate surface area is 158 Å². The molecule has 5 nitrogen and oxygen atoms in total. The molecule has 0 aliphatic heterocycles. The molecular weight excluding hydrogens is 330 g/mol. The molecule has 0 aromatic heterocycles. The zero-order valence-corrected chi connectivity index (χ0v) is 17.4. The third-order valence-corrected chi connectivity index (χ3v) is 3.49. The number of rotatable bonds is 7. The predicted octanol–water partition coefficient (Wildman–Crippen LogP) is 5.04. The number of esters is 1. The second kappa shape index (κ2) is 12.3. The van der Waals surface area contributed by atoms with E-state index in [9.17, 15) is 9.59 Å². The lowest BCUT2D eigenvalue weighted by Gasteiger charge is -2.27. The van der Waals surface area contributed by atoms with Gasteiger partial charge in [0.15, 0.2) is 0 Å². The second-order valence-corrected chi connectivity index (χ2v) is 6.84. The summed E-state index contributed by atoms with van der Waals surface area (Å²) in [6, 6.07) is 9.57. The zero-order chi connectivity index (χ0) is 20.2. The minimum Gasteiger partial charge on any atom is -0.461 e. The van der Waals surface area contributed by atoms with Crippen molar-refractivity contribution < 1.29 is 19.1 Å². The Balaban J connectivity index is 0.00000301. The van der Waals surface area contributed by atoms with Crippen LogP contribution >= 0.6 is 0 Å². The first kappa shape index (κ1) is 24.0. The summed E-state index contributed by atoms with van der Waals surface area (Å²) >= 11 is 0. The van der Waals surface area contributed by atoms with Crippen molar-refractivity contribution in [3.63, 3.8) is 0 Å². The van der Waals surface area contributed by atoms with Crippen LogP contribution in [-0.2, 0) is 20.9 Å². The molecule has 0 fully saturated rings. The fourth-order valence-corrected chi connectivity index (χ4v) is 2.04. The maximum absolute atomic E-state index is 12.1. The zero-order valence-electron chi connectivity index (χ0n) is 17.4. The Bertz CT molecular complexity index is 523. The molecule has 0 N–H and O–H groups in total. The van der Waals surface area contributed by atoms with Crippen LogP contribution in [-0.4, -0.2) is 35.7 Å². The van der Waals surface area contributed by atoms with Gasteiger partial charge in [-0.05, 0) is 39.7 Å². The van der Waals surface area contributed by atoms with E-state index in [0.717, 1.165) is 5.56 Å². The van der Waals surface area contributed by atoms with E-state index in [1.165, 1.54) is 0 Å². The van der Waals surface area contributed by atoms with Crippen LogP contribution in [0.5, 0.6) is 0 Å². The van der Waals surface area contributed by atoms with Gasteiger partial charge in [0.25, 0.3) is 0 Å². The van der Waals surface area contributed by atoms with Crippen LogP contribution in [0.4, 0.5) is 4.79 Å². The Morgan fingerprint density at radius 1 is 1.12 bits per heavy atom. The van der Waals surface area contributed by atoms with E-state index in [0.29, 0.717) is 19.5 Å². The SMILES string of the molecule is CC.CCN(CCC(C)C(=O)OCc1ccccc1)C(=O)OC(C)(C)C. The van der Waals surface area contributed by atoms with Crippen LogP contribution in [0.1, 0.15) is 60.5 Å². The quantitative estimate of drug-likeness (QED) is 0.635. The maximum Gasteiger partial charge on any atom is 0.410 e. The van der Waals surface area contributed by atoms with E-state index in [2.05, 4.69) is 0 Å². The van der Waals surface area contributed by atoms with Crippen molar-refractivity contribution in [2.75, 3.05) is 13.1 Å². The highest BCUT2D eigenvalue weighted by Crippen LogP contribution is 2.13. The number of nitrogens with zero attached hydrogens (tertiary/aromatic N) is 1. The molecule has 0 radical (unpaired) electrons. The van der Waals surface area contributed by atoms with Crippen molar-refractivity contribution in [3.05, 3.63) is 35.9 Å². The largest absolute Gasteiger partial charge is 0.461 e. The van der Waals surface area contributed by atoms with Gasteiger partial charge >= 0.3 is 12.1 Å². The molecular formula is C21H35NO4. The molecule has 1 unspecified atom stereocenters. The number of benzene rings is 1. The molecule has 0 heterocycles. The van der Waals surface area contributed by atoms with Crippen molar-refractivity contribution in [2.24, 2.45) is 5.92 Å². The lowest BCUT2D eigenvalue weighted by Crippen LogP contribution is -2.38. The van der Waals surface area contributed by atoms with Gasteiger partial charge in [0, 0.05) is 13.1 Å². The first-order valence-electron chi connectivity index (χ1n) is 9.41. The summed E-state index contributed by atoms with van der Waals surface area (Å²) in [6.45, 7) is 14.5. The molecule has 1 amide bonds. The van der Waals surface area contributed by atoms with Gasteiger partial charge < -0.3 is 14.4 Å². The normalized spacial score (nSPS) is 11.7. The summed E-state index contributed by atoms with van der Waals surface area (Å²) in [7, 11) is 0. The molecule has 0 spiro atoms. The summed E-state index contributed by atoms with van der Waals surface area (Å²) < 4.78 is 10.7. The van der Waals surface area contributed by atoms with Gasteiger partial charge in [-0.3, -0.25) is 4.79 Å². The van der Waals surface area contributed by atoms with Crippen molar-refractivity contribution in [1.82, 2.24) is 4.90 Å². The smallest absolute Gasteiger partial charge is 0.410 e. The van der Waals surface area contributed by atoms with Crippen molar-refractivity contribution in [1.29, 1.82) is 0 Å². The van der Waals surface area contributed by atoms with Gasteiger partial charge in [0.05, 0.1) is 5.92 Å². The van der Waals surface area contributed by atoms with Gasteiger partial charge in [-0.15, -0.1) is 0 Å². The summed E-state index contributed by atoms with van der Waals surface area (Å²) in [5.74, 6) is -0.524. The van der Waals surface area contributed by atoms with Gasteiger partial charge in [-0.25, -0.2) is 4.79 Å². The number of carbonyl (C=O) groups excluding carboxylic acids is 2. The standard InChI is InChI=1S/C19H29NO4.C2H6/c1-6-20(18(22)24-19(3,4)5)13-12-15(2)17(21)23-14-16-10-8-7-9-11-16;1-2/h7-11,15H,6,12-14H2,1-5H3;1-2H3. The van der Waals surface area contributed by atoms with E-state index in [4.69, 9.17) is 9.47 Å². The fraction of sp³-hybridized carbons (Fsp3) is 0.619. The lowest BCUT2D eigenvalue weighted by molar-refractivity contribution is -0.149. The third-order valence-electron chi connectivity index (χ3n) is 3.49. The average molecular weight is 366 g/mol. The molecule has 0 aliphatic rings. The molecule has 5 heteroatoms. The minimum atomic E-state index is -0.523.